The van der Waals surface area contributed by atoms with Gasteiger partial charge in [0.2, 0.25) is 5.95 Å². The Balaban J connectivity index is 1.97. The van der Waals surface area contributed by atoms with Gasteiger partial charge in [-0.15, -0.1) is 0 Å². The van der Waals surface area contributed by atoms with Crippen molar-refractivity contribution < 1.29 is 8.42 Å². The molecule has 1 fully saturated rings. The van der Waals surface area contributed by atoms with Crippen molar-refractivity contribution in [2.24, 2.45) is 5.92 Å². The summed E-state index contributed by atoms with van der Waals surface area (Å²) < 4.78 is 23.3. The van der Waals surface area contributed by atoms with Crippen molar-refractivity contribution in [3.8, 4) is 0 Å². The molecule has 0 aromatic carbocycles. The number of hydrogen-bond donors (Lipinski definition) is 2. The van der Waals surface area contributed by atoms with E-state index in [1.165, 1.54) is 0 Å². The van der Waals surface area contributed by atoms with Gasteiger partial charge in [0.15, 0.2) is 9.84 Å². The Hall–Kier alpha value is -0.890. The number of rotatable bonds is 3. The Bertz CT molecular complexity index is 520. The number of nitrogens with zero attached hydrogens (tertiary/aromatic N) is 2. The Morgan fingerprint density at radius 1 is 1.59 bits per heavy atom. The summed E-state index contributed by atoms with van der Waals surface area (Å²) in [6.45, 7) is 0.578. The van der Waals surface area contributed by atoms with Crippen LogP contribution < -0.4 is 11.1 Å². The molecule has 94 valence electrons. The molecule has 0 saturated carbocycles. The zero-order chi connectivity index (χ0) is 12.5. The predicted octanol–water partition coefficient (Wildman–Crippen LogP) is 0.668. The van der Waals surface area contributed by atoms with Crippen molar-refractivity contribution in [1.82, 2.24) is 9.97 Å². The molecule has 1 saturated heterocycles. The van der Waals surface area contributed by atoms with Gasteiger partial charge in [-0.2, -0.15) is 4.98 Å². The van der Waals surface area contributed by atoms with Gasteiger partial charge in [-0.1, -0.05) is 0 Å². The molecule has 1 unspecified atom stereocenters. The van der Waals surface area contributed by atoms with Crippen molar-refractivity contribution in [3.05, 3.63) is 10.7 Å². The third-order valence-electron chi connectivity index (χ3n) is 2.65. The van der Waals surface area contributed by atoms with Crippen LogP contribution >= 0.6 is 15.9 Å². The molecule has 0 bridgehead atoms. The van der Waals surface area contributed by atoms with Gasteiger partial charge in [-0.05, 0) is 28.3 Å². The Kier molecular flexibility index (Phi) is 3.53. The normalized spacial score (nSPS) is 22.5. The fourth-order valence-corrected chi connectivity index (χ4v) is 3.97. The van der Waals surface area contributed by atoms with Crippen molar-refractivity contribution in [1.29, 1.82) is 0 Å². The second-order valence-corrected chi connectivity index (χ2v) is 7.16. The molecule has 6 nitrogen and oxygen atoms in total. The first-order valence-corrected chi connectivity index (χ1v) is 7.80. The highest BCUT2D eigenvalue weighted by Crippen LogP contribution is 2.22. The maximum atomic E-state index is 11.3. The Morgan fingerprint density at radius 2 is 2.35 bits per heavy atom. The van der Waals surface area contributed by atoms with Gasteiger partial charge in [0, 0.05) is 12.7 Å². The quantitative estimate of drug-likeness (QED) is 0.849. The predicted molar refractivity (Wildman–Crippen MR) is 69.4 cm³/mol. The molecular weight excluding hydrogens is 308 g/mol. The van der Waals surface area contributed by atoms with Crippen LogP contribution in [-0.2, 0) is 9.84 Å². The zero-order valence-corrected chi connectivity index (χ0v) is 11.5. The molecule has 17 heavy (non-hydrogen) atoms. The van der Waals surface area contributed by atoms with Crippen LogP contribution in [0.2, 0.25) is 0 Å². The number of anilines is 2. The fraction of sp³-hybridized carbons (Fsp3) is 0.556. The molecule has 3 N–H and O–H groups in total. The highest BCUT2D eigenvalue weighted by Gasteiger charge is 2.27. The minimum atomic E-state index is -2.83. The molecular formula is C9H13BrN4O2S. The van der Waals surface area contributed by atoms with Gasteiger partial charge < -0.3 is 11.1 Å². The molecule has 0 spiro atoms. The standard InChI is InChI=1S/C9H13BrN4O2S/c10-7-4-13-9(11)14-8(7)12-3-6-1-2-17(15,16)5-6/h4,6H,1-3,5H2,(H3,11,12,13,14). The minimum absolute atomic E-state index is 0.142. The van der Waals surface area contributed by atoms with Gasteiger partial charge in [0.05, 0.1) is 16.0 Å². The summed E-state index contributed by atoms with van der Waals surface area (Å²) in [5.41, 5.74) is 5.48. The van der Waals surface area contributed by atoms with E-state index in [-0.39, 0.29) is 23.4 Å². The number of nitrogens with two attached hydrogens (primary N) is 1. The van der Waals surface area contributed by atoms with E-state index in [1.54, 1.807) is 6.20 Å². The average Bonchev–Trinajstić information content (AvgIpc) is 2.60. The second kappa shape index (κ2) is 4.77. The number of halogens is 1. The monoisotopic (exact) mass is 320 g/mol. The summed E-state index contributed by atoms with van der Waals surface area (Å²) in [4.78, 5) is 7.86. The molecule has 8 heteroatoms. The van der Waals surface area contributed by atoms with Gasteiger partial charge in [-0.25, -0.2) is 13.4 Å². The Labute approximate surface area is 108 Å². The SMILES string of the molecule is Nc1ncc(Br)c(NCC2CCS(=O)(=O)C2)n1. The highest BCUT2D eigenvalue weighted by molar-refractivity contribution is 9.10. The topological polar surface area (TPSA) is 98.0 Å². The van der Waals surface area contributed by atoms with Gasteiger partial charge in [0.25, 0.3) is 0 Å². The van der Waals surface area contributed by atoms with E-state index in [1.807, 2.05) is 0 Å². The van der Waals surface area contributed by atoms with Crippen LogP contribution in [-0.4, -0.2) is 36.4 Å². The molecule has 1 aromatic heterocycles. The summed E-state index contributed by atoms with van der Waals surface area (Å²) in [5.74, 6) is 1.46. The summed E-state index contributed by atoms with van der Waals surface area (Å²) in [5, 5.41) is 3.09. The van der Waals surface area contributed by atoms with Crippen molar-refractivity contribution >= 4 is 37.5 Å². The van der Waals surface area contributed by atoms with Crippen LogP contribution in [0.1, 0.15) is 6.42 Å². The lowest BCUT2D eigenvalue weighted by Crippen LogP contribution is -2.17. The van der Waals surface area contributed by atoms with E-state index in [9.17, 15) is 8.42 Å². The first kappa shape index (κ1) is 12.6. The van der Waals surface area contributed by atoms with Crippen molar-refractivity contribution in [2.45, 2.75) is 6.42 Å². The molecule has 0 aliphatic carbocycles. The number of hydrogen-bond acceptors (Lipinski definition) is 6. The number of nitrogen functional groups attached to an aromatic ring is 1. The number of nitrogens with one attached hydrogen (secondary N) is 1. The summed E-state index contributed by atoms with van der Waals surface area (Å²) >= 11 is 3.30. The minimum Gasteiger partial charge on any atom is -0.369 e. The summed E-state index contributed by atoms with van der Waals surface area (Å²) in [6.07, 6.45) is 2.27. The van der Waals surface area contributed by atoms with Gasteiger partial charge in [-0.3, -0.25) is 0 Å². The molecule has 0 amide bonds. The van der Waals surface area contributed by atoms with Crippen LogP contribution in [0.25, 0.3) is 0 Å². The molecule has 0 radical (unpaired) electrons. The van der Waals surface area contributed by atoms with E-state index in [2.05, 4.69) is 31.2 Å². The van der Waals surface area contributed by atoms with Crippen LogP contribution in [0.5, 0.6) is 0 Å². The molecule has 2 rings (SSSR count). The van der Waals surface area contributed by atoms with Gasteiger partial charge in [0.1, 0.15) is 5.82 Å². The zero-order valence-electron chi connectivity index (χ0n) is 9.06. The van der Waals surface area contributed by atoms with Crippen LogP contribution in [0.15, 0.2) is 10.7 Å². The number of aromatic nitrogens is 2. The first-order valence-electron chi connectivity index (χ1n) is 5.18. The van der Waals surface area contributed by atoms with E-state index in [4.69, 9.17) is 5.73 Å². The molecule has 1 atom stereocenters. The van der Waals surface area contributed by atoms with E-state index in [0.717, 1.165) is 0 Å². The smallest absolute Gasteiger partial charge is 0.221 e. The first-order chi connectivity index (χ1) is 7.96. The van der Waals surface area contributed by atoms with E-state index < -0.39 is 9.84 Å². The summed E-state index contributed by atoms with van der Waals surface area (Å²) in [7, 11) is -2.83. The number of sulfone groups is 1. The molecule has 1 aliphatic heterocycles. The van der Waals surface area contributed by atoms with Crippen molar-refractivity contribution in [3.63, 3.8) is 0 Å². The van der Waals surface area contributed by atoms with E-state index >= 15 is 0 Å². The lowest BCUT2D eigenvalue weighted by Gasteiger charge is -2.11. The van der Waals surface area contributed by atoms with Crippen LogP contribution in [0.4, 0.5) is 11.8 Å². The summed E-state index contributed by atoms with van der Waals surface area (Å²) in [6, 6.07) is 0. The lowest BCUT2D eigenvalue weighted by atomic mass is 10.1. The lowest BCUT2D eigenvalue weighted by molar-refractivity contribution is 0.595. The third-order valence-corrected chi connectivity index (χ3v) is 5.06. The molecule has 1 aliphatic rings. The maximum Gasteiger partial charge on any atom is 0.221 e. The largest absolute Gasteiger partial charge is 0.369 e. The van der Waals surface area contributed by atoms with E-state index in [0.29, 0.717) is 23.3 Å². The van der Waals surface area contributed by atoms with Crippen LogP contribution in [0.3, 0.4) is 0 Å². The van der Waals surface area contributed by atoms with Gasteiger partial charge >= 0.3 is 0 Å². The van der Waals surface area contributed by atoms with Crippen LogP contribution in [0, 0.1) is 5.92 Å². The third kappa shape index (κ3) is 3.29. The molecule has 1 aromatic rings. The maximum absolute atomic E-state index is 11.3. The van der Waals surface area contributed by atoms with Crippen molar-refractivity contribution in [2.75, 3.05) is 29.1 Å². The Morgan fingerprint density at radius 3 is 3.00 bits per heavy atom. The second-order valence-electron chi connectivity index (χ2n) is 4.07. The highest BCUT2D eigenvalue weighted by atomic mass is 79.9. The average molecular weight is 321 g/mol. The fourth-order valence-electron chi connectivity index (χ4n) is 1.78. The molecule has 2 heterocycles.